The van der Waals surface area contributed by atoms with Gasteiger partial charge in [-0.3, -0.25) is 10.1 Å². The molecule has 0 bridgehead atoms. The lowest BCUT2D eigenvalue weighted by Crippen LogP contribution is -2.33. The van der Waals surface area contributed by atoms with E-state index >= 15 is 0 Å². The van der Waals surface area contributed by atoms with Crippen molar-refractivity contribution in [3.63, 3.8) is 0 Å². The zero-order valence-corrected chi connectivity index (χ0v) is 14.9. The molecule has 0 aliphatic rings. The van der Waals surface area contributed by atoms with Gasteiger partial charge < -0.3 is 9.73 Å². The highest BCUT2D eigenvalue weighted by Gasteiger charge is 2.10. The van der Waals surface area contributed by atoms with Crippen LogP contribution >= 0.6 is 23.6 Å². The van der Waals surface area contributed by atoms with Crippen LogP contribution in [-0.2, 0) is 0 Å². The molecular weight excluding hydrogens is 368 g/mol. The molecule has 1 aromatic carbocycles. The summed E-state index contributed by atoms with van der Waals surface area (Å²) in [5, 5.41) is 7.71. The summed E-state index contributed by atoms with van der Waals surface area (Å²) in [6.45, 7) is 0. The minimum absolute atomic E-state index is 0.229. The summed E-state index contributed by atoms with van der Waals surface area (Å²) < 4.78 is 5.69. The highest BCUT2D eigenvalue weighted by Crippen LogP contribution is 2.24. The van der Waals surface area contributed by atoms with Gasteiger partial charge in [0.25, 0.3) is 5.91 Å². The van der Waals surface area contributed by atoms with Crippen LogP contribution in [0.15, 0.2) is 64.5 Å². The number of hydrogen-bond donors (Lipinski definition) is 2. The van der Waals surface area contributed by atoms with Crippen molar-refractivity contribution < 1.29 is 9.21 Å². The number of hydrogen-bond acceptors (Lipinski definition) is 6. The van der Waals surface area contributed by atoms with Crippen LogP contribution in [0.5, 0.6) is 0 Å². The molecule has 0 fully saturated rings. The fraction of sp³-hybridized carbons (Fsp3) is 0. The summed E-state index contributed by atoms with van der Waals surface area (Å²) in [5.74, 6) is 0.270. The molecule has 26 heavy (non-hydrogen) atoms. The van der Waals surface area contributed by atoms with Crippen LogP contribution in [0.25, 0.3) is 22.7 Å². The van der Waals surface area contributed by atoms with E-state index in [0.717, 1.165) is 11.3 Å². The molecule has 128 valence electrons. The molecule has 0 unspecified atom stereocenters. The molecule has 0 saturated heterocycles. The van der Waals surface area contributed by atoms with Gasteiger partial charge in [-0.15, -0.1) is 11.3 Å². The first kappa shape index (κ1) is 16.4. The lowest BCUT2D eigenvalue weighted by Gasteiger charge is -2.09. The zero-order valence-electron chi connectivity index (χ0n) is 13.3. The van der Waals surface area contributed by atoms with Gasteiger partial charge in [-0.25, -0.2) is 4.98 Å². The van der Waals surface area contributed by atoms with E-state index in [-0.39, 0.29) is 11.0 Å². The van der Waals surface area contributed by atoms with Gasteiger partial charge in [0.15, 0.2) is 16.3 Å². The van der Waals surface area contributed by atoms with Crippen molar-refractivity contribution in [2.24, 2.45) is 0 Å². The first-order valence-corrected chi connectivity index (χ1v) is 8.96. The monoisotopic (exact) mass is 380 g/mol. The van der Waals surface area contributed by atoms with Gasteiger partial charge in [0, 0.05) is 17.4 Å². The van der Waals surface area contributed by atoms with Gasteiger partial charge >= 0.3 is 0 Å². The first-order valence-electron chi connectivity index (χ1n) is 7.67. The quantitative estimate of drug-likeness (QED) is 0.522. The van der Waals surface area contributed by atoms with E-state index in [9.17, 15) is 4.79 Å². The SMILES string of the molecule is O=C(NC(=S)Nc1ccc(-c2nc3ncccc3o2)cc1)c1cccs1. The van der Waals surface area contributed by atoms with Crippen molar-refractivity contribution in [1.82, 2.24) is 15.3 Å². The van der Waals surface area contributed by atoms with Crippen molar-refractivity contribution in [3.8, 4) is 11.5 Å². The summed E-state index contributed by atoms with van der Waals surface area (Å²) in [7, 11) is 0. The smallest absolute Gasteiger partial charge is 0.267 e. The molecule has 3 heterocycles. The van der Waals surface area contributed by atoms with Crippen LogP contribution in [0.3, 0.4) is 0 Å². The number of pyridine rings is 1. The number of amides is 1. The molecule has 8 heteroatoms. The number of benzene rings is 1. The molecule has 0 aliphatic carbocycles. The number of carbonyl (C=O) groups excluding carboxylic acids is 1. The molecule has 4 rings (SSSR count). The summed E-state index contributed by atoms with van der Waals surface area (Å²) in [6, 6.07) is 14.6. The maximum atomic E-state index is 12.0. The fourth-order valence-electron chi connectivity index (χ4n) is 2.32. The highest BCUT2D eigenvalue weighted by molar-refractivity contribution is 7.80. The average Bonchev–Trinajstić information content (AvgIpc) is 3.32. The first-order chi connectivity index (χ1) is 12.7. The van der Waals surface area contributed by atoms with Crippen LogP contribution in [0.1, 0.15) is 9.67 Å². The van der Waals surface area contributed by atoms with Crippen molar-refractivity contribution in [3.05, 3.63) is 65.0 Å². The fourth-order valence-corrected chi connectivity index (χ4v) is 3.15. The topological polar surface area (TPSA) is 80.0 Å². The Hall–Kier alpha value is -3.10. The summed E-state index contributed by atoms with van der Waals surface area (Å²) in [6.07, 6.45) is 1.67. The highest BCUT2D eigenvalue weighted by atomic mass is 32.1. The maximum Gasteiger partial charge on any atom is 0.267 e. The van der Waals surface area contributed by atoms with Gasteiger partial charge in [0.2, 0.25) is 5.89 Å². The largest absolute Gasteiger partial charge is 0.434 e. The second-order valence-electron chi connectivity index (χ2n) is 5.31. The second-order valence-corrected chi connectivity index (χ2v) is 6.66. The zero-order chi connectivity index (χ0) is 17.9. The van der Waals surface area contributed by atoms with E-state index in [2.05, 4.69) is 20.6 Å². The van der Waals surface area contributed by atoms with Crippen LogP contribution in [0.4, 0.5) is 5.69 Å². The number of aromatic nitrogens is 2. The van der Waals surface area contributed by atoms with E-state index in [1.165, 1.54) is 11.3 Å². The lowest BCUT2D eigenvalue weighted by molar-refractivity contribution is 0.0981. The van der Waals surface area contributed by atoms with E-state index in [1.54, 1.807) is 18.3 Å². The van der Waals surface area contributed by atoms with Gasteiger partial charge in [0.05, 0.1) is 4.88 Å². The van der Waals surface area contributed by atoms with E-state index in [4.69, 9.17) is 16.6 Å². The van der Waals surface area contributed by atoms with E-state index in [0.29, 0.717) is 22.0 Å². The van der Waals surface area contributed by atoms with E-state index < -0.39 is 0 Å². The van der Waals surface area contributed by atoms with Crippen LogP contribution < -0.4 is 10.6 Å². The molecular formula is C18H12N4O2S2. The standard InChI is InChI=1S/C18H12N4O2S2/c23-16(14-4-2-10-26-14)22-18(25)20-12-7-5-11(6-8-12)17-21-15-13(24-17)3-1-9-19-15/h1-10H,(H2,20,22,23,25). The summed E-state index contributed by atoms with van der Waals surface area (Å²) in [4.78, 5) is 21.1. The average molecular weight is 380 g/mol. The van der Waals surface area contributed by atoms with Crippen molar-refractivity contribution in [2.75, 3.05) is 5.32 Å². The number of fused-ring (bicyclic) bond motifs is 1. The van der Waals surface area contributed by atoms with Crippen molar-refractivity contribution in [1.29, 1.82) is 0 Å². The molecule has 0 saturated carbocycles. The molecule has 0 spiro atoms. The third-order valence-corrected chi connectivity index (χ3v) is 4.60. The number of nitrogens with one attached hydrogen (secondary N) is 2. The minimum Gasteiger partial charge on any atom is -0.434 e. The number of carbonyl (C=O) groups is 1. The molecule has 2 N–H and O–H groups in total. The number of anilines is 1. The number of thiophene rings is 1. The van der Waals surface area contributed by atoms with Crippen molar-refractivity contribution in [2.45, 2.75) is 0 Å². The van der Waals surface area contributed by atoms with E-state index in [1.807, 2.05) is 41.8 Å². The Balaban J connectivity index is 1.44. The number of oxazole rings is 1. The minimum atomic E-state index is -0.229. The number of rotatable bonds is 3. The Morgan fingerprint density at radius 3 is 2.69 bits per heavy atom. The Morgan fingerprint density at radius 1 is 1.12 bits per heavy atom. The third kappa shape index (κ3) is 3.46. The summed E-state index contributed by atoms with van der Waals surface area (Å²) in [5.41, 5.74) is 2.78. The molecule has 1 amide bonds. The normalized spacial score (nSPS) is 10.6. The number of nitrogens with zero attached hydrogens (tertiary/aromatic N) is 2. The van der Waals surface area contributed by atoms with Gasteiger partial charge in [0.1, 0.15) is 0 Å². The molecule has 6 nitrogen and oxygen atoms in total. The Morgan fingerprint density at radius 2 is 1.96 bits per heavy atom. The molecule has 0 radical (unpaired) electrons. The maximum absolute atomic E-state index is 12.0. The predicted octanol–water partition coefficient (Wildman–Crippen LogP) is 4.08. The van der Waals surface area contributed by atoms with Gasteiger partial charge in [-0.05, 0) is 60.1 Å². The van der Waals surface area contributed by atoms with Crippen LogP contribution in [0, 0.1) is 0 Å². The van der Waals surface area contributed by atoms with Gasteiger partial charge in [-0.2, -0.15) is 4.98 Å². The number of thiocarbonyl (C=S) groups is 1. The Kier molecular flexibility index (Phi) is 4.42. The lowest BCUT2D eigenvalue weighted by atomic mass is 10.2. The Labute approximate surface area is 157 Å². The van der Waals surface area contributed by atoms with Gasteiger partial charge in [-0.1, -0.05) is 6.07 Å². The molecule has 3 aromatic heterocycles. The third-order valence-electron chi connectivity index (χ3n) is 3.53. The molecule has 0 atom stereocenters. The van der Waals surface area contributed by atoms with Crippen molar-refractivity contribution >= 4 is 51.5 Å². The Bertz CT molecular complexity index is 1040. The molecule has 4 aromatic rings. The predicted molar refractivity (Wildman–Crippen MR) is 105 cm³/mol. The summed E-state index contributed by atoms with van der Waals surface area (Å²) >= 11 is 6.54. The van der Waals surface area contributed by atoms with Crippen LogP contribution in [-0.4, -0.2) is 21.0 Å². The second kappa shape index (κ2) is 7.03. The molecule has 0 aliphatic heterocycles. The van der Waals surface area contributed by atoms with Crippen LogP contribution in [0.2, 0.25) is 0 Å².